The first-order valence-electron chi connectivity index (χ1n) is 10.1. The molecule has 1 heterocycles. The van der Waals surface area contributed by atoms with Gasteiger partial charge in [0.25, 0.3) is 0 Å². The molecule has 8 heteroatoms. The molecule has 0 spiro atoms. The Bertz CT molecular complexity index is 674. The average molecular weight is 412 g/mol. The summed E-state index contributed by atoms with van der Waals surface area (Å²) >= 11 is 0. The maximum atomic E-state index is 12.3. The fourth-order valence-corrected chi connectivity index (χ4v) is 4.20. The number of benzene rings is 1. The molecule has 1 atom stereocenters. The summed E-state index contributed by atoms with van der Waals surface area (Å²) in [5, 5.41) is 6.44. The number of hydrogen-bond acceptors (Lipinski definition) is 5. The molecule has 0 aliphatic carbocycles. The van der Waals surface area contributed by atoms with Crippen molar-refractivity contribution in [2.45, 2.75) is 31.1 Å². The van der Waals surface area contributed by atoms with Crippen LogP contribution in [0.15, 0.2) is 40.2 Å². The van der Waals surface area contributed by atoms with Crippen LogP contribution in [0.3, 0.4) is 0 Å². The van der Waals surface area contributed by atoms with Gasteiger partial charge in [0.2, 0.25) is 0 Å². The molecule has 1 aromatic carbocycles. The Morgan fingerprint density at radius 3 is 2.79 bits per heavy atom. The van der Waals surface area contributed by atoms with E-state index in [9.17, 15) is 8.42 Å². The van der Waals surface area contributed by atoms with Crippen molar-refractivity contribution in [3.05, 3.63) is 30.3 Å². The number of guanidine groups is 1. The van der Waals surface area contributed by atoms with E-state index in [-0.39, 0.29) is 5.75 Å². The fourth-order valence-electron chi connectivity index (χ4n) is 2.88. The molecule has 1 unspecified atom stereocenters. The van der Waals surface area contributed by atoms with E-state index in [4.69, 9.17) is 9.47 Å². The molecule has 1 saturated heterocycles. The lowest BCUT2D eigenvalue weighted by molar-refractivity contribution is 0.0888. The van der Waals surface area contributed by atoms with Crippen LogP contribution in [0.1, 0.15) is 26.2 Å². The van der Waals surface area contributed by atoms with Crippen molar-refractivity contribution < 1.29 is 17.9 Å². The number of rotatable bonds is 12. The van der Waals surface area contributed by atoms with Crippen LogP contribution in [0, 0.1) is 5.92 Å². The maximum absolute atomic E-state index is 12.3. The van der Waals surface area contributed by atoms with Gasteiger partial charge in [-0.05, 0) is 38.3 Å². The minimum absolute atomic E-state index is 0.0959. The lowest BCUT2D eigenvalue weighted by atomic mass is 10.1. The number of nitrogens with zero attached hydrogens (tertiary/aromatic N) is 1. The number of aliphatic imine (C=N–C) groups is 1. The molecule has 2 rings (SSSR count). The molecule has 1 aromatic rings. The van der Waals surface area contributed by atoms with Crippen molar-refractivity contribution in [2.75, 3.05) is 51.8 Å². The Hall–Kier alpha value is -1.64. The van der Waals surface area contributed by atoms with E-state index in [0.717, 1.165) is 45.8 Å². The monoisotopic (exact) mass is 411 g/mol. The Kier molecular flexibility index (Phi) is 10.3. The van der Waals surface area contributed by atoms with E-state index in [2.05, 4.69) is 15.6 Å². The van der Waals surface area contributed by atoms with Crippen LogP contribution < -0.4 is 10.6 Å². The summed E-state index contributed by atoms with van der Waals surface area (Å²) in [6.45, 7) is 7.12. The summed E-state index contributed by atoms with van der Waals surface area (Å²) in [5.74, 6) is 1.35. The Morgan fingerprint density at radius 2 is 2.07 bits per heavy atom. The van der Waals surface area contributed by atoms with Crippen LogP contribution in [0.2, 0.25) is 0 Å². The first-order chi connectivity index (χ1) is 13.6. The molecule has 2 N–H and O–H groups in total. The molecule has 7 nitrogen and oxygen atoms in total. The van der Waals surface area contributed by atoms with Crippen molar-refractivity contribution in [1.82, 2.24) is 10.6 Å². The van der Waals surface area contributed by atoms with Crippen molar-refractivity contribution in [3.63, 3.8) is 0 Å². The zero-order chi connectivity index (χ0) is 20.1. The van der Waals surface area contributed by atoms with E-state index in [1.165, 1.54) is 0 Å². The molecule has 1 aliphatic rings. The zero-order valence-electron chi connectivity index (χ0n) is 16.7. The quantitative estimate of drug-likeness (QED) is 0.310. The van der Waals surface area contributed by atoms with E-state index in [0.29, 0.717) is 36.3 Å². The molecule has 158 valence electrons. The van der Waals surface area contributed by atoms with Gasteiger partial charge in [0.05, 0.1) is 23.9 Å². The largest absolute Gasteiger partial charge is 0.381 e. The minimum Gasteiger partial charge on any atom is -0.381 e. The predicted molar refractivity (Wildman–Crippen MR) is 111 cm³/mol. The second-order valence-electron chi connectivity index (χ2n) is 6.83. The molecule has 1 fully saturated rings. The molecule has 0 saturated carbocycles. The SMILES string of the molecule is CCNC(=NCCCS(=O)(=O)c1ccccc1)NCCCOCC1CCOC1. The van der Waals surface area contributed by atoms with Gasteiger partial charge in [0, 0.05) is 38.8 Å². The van der Waals surface area contributed by atoms with Gasteiger partial charge in [-0.25, -0.2) is 8.42 Å². The van der Waals surface area contributed by atoms with Gasteiger partial charge in [-0.3, -0.25) is 4.99 Å². The van der Waals surface area contributed by atoms with Crippen molar-refractivity contribution in [2.24, 2.45) is 10.9 Å². The predicted octanol–water partition coefficient (Wildman–Crippen LogP) is 1.85. The highest BCUT2D eigenvalue weighted by Crippen LogP contribution is 2.12. The Balaban J connectivity index is 1.62. The summed E-state index contributed by atoms with van der Waals surface area (Å²) in [7, 11) is -3.24. The minimum atomic E-state index is -3.24. The Morgan fingerprint density at radius 1 is 1.25 bits per heavy atom. The second-order valence-corrected chi connectivity index (χ2v) is 8.94. The average Bonchev–Trinajstić information content (AvgIpc) is 3.22. The normalized spacial score (nSPS) is 17.6. The van der Waals surface area contributed by atoms with Gasteiger partial charge in [-0.15, -0.1) is 0 Å². The van der Waals surface area contributed by atoms with E-state index >= 15 is 0 Å². The molecule has 0 radical (unpaired) electrons. The second kappa shape index (κ2) is 12.7. The van der Waals surface area contributed by atoms with Gasteiger partial charge < -0.3 is 20.1 Å². The van der Waals surface area contributed by atoms with Crippen molar-refractivity contribution >= 4 is 15.8 Å². The number of hydrogen-bond donors (Lipinski definition) is 2. The molecule has 0 amide bonds. The third-order valence-corrected chi connectivity index (χ3v) is 6.24. The lowest BCUT2D eigenvalue weighted by Crippen LogP contribution is -2.38. The van der Waals surface area contributed by atoms with E-state index < -0.39 is 9.84 Å². The summed E-state index contributed by atoms with van der Waals surface area (Å²) in [5.41, 5.74) is 0. The number of nitrogens with one attached hydrogen (secondary N) is 2. The highest BCUT2D eigenvalue weighted by Gasteiger charge is 2.15. The summed E-state index contributed by atoms with van der Waals surface area (Å²) in [6, 6.07) is 8.55. The topological polar surface area (TPSA) is 89.0 Å². The standard InChI is InChI=1S/C20H33N3O4S/c1-2-21-20(22-11-6-13-26-16-18-10-14-27-17-18)23-12-7-15-28(24,25)19-8-4-3-5-9-19/h3-5,8-9,18H,2,6-7,10-17H2,1H3,(H2,21,22,23). The van der Waals surface area contributed by atoms with Gasteiger partial charge >= 0.3 is 0 Å². The van der Waals surface area contributed by atoms with Crippen molar-refractivity contribution in [1.29, 1.82) is 0 Å². The van der Waals surface area contributed by atoms with Crippen LogP contribution in [0.25, 0.3) is 0 Å². The number of sulfone groups is 1. The van der Waals surface area contributed by atoms with Crippen LogP contribution in [-0.2, 0) is 19.3 Å². The van der Waals surface area contributed by atoms with Gasteiger partial charge in [-0.2, -0.15) is 0 Å². The lowest BCUT2D eigenvalue weighted by Gasteiger charge is -2.12. The fraction of sp³-hybridized carbons (Fsp3) is 0.650. The first-order valence-corrected chi connectivity index (χ1v) is 11.7. The molecule has 28 heavy (non-hydrogen) atoms. The smallest absolute Gasteiger partial charge is 0.191 e. The van der Waals surface area contributed by atoms with Gasteiger partial charge in [0.15, 0.2) is 15.8 Å². The first kappa shape index (κ1) is 22.6. The molecular formula is C20H33N3O4S. The van der Waals surface area contributed by atoms with Gasteiger partial charge in [0.1, 0.15) is 0 Å². The zero-order valence-corrected chi connectivity index (χ0v) is 17.5. The van der Waals surface area contributed by atoms with Crippen LogP contribution in [0.4, 0.5) is 0 Å². The van der Waals surface area contributed by atoms with E-state index in [1.807, 2.05) is 13.0 Å². The molecular weight excluding hydrogens is 378 g/mol. The maximum Gasteiger partial charge on any atom is 0.191 e. The Labute approximate surface area is 168 Å². The molecule has 0 aromatic heterocycles. The summed E-state index contributed by atoms with van der Waals surface area (Å²) < 4.78 is 35.6. The third-order valence-electron chi connectivity index (χ3n) is 4.42. The van der Waals surface area contributed by atoms with Crippen molar-refractivity contribution in [3.8, 4) is 0 Å². The third kappa shape index (κ3) is 8.58. The van der Waals surface area contributed by atoms with E-state index in [1.54, 1.807) is 24.3 Å². The van der Waals surface area contributed by atoms with Crippen LogP contribution in [0.5, 0.6) is 0 Å². The molecule has 1 aliphatic heterocycles. The molecule has 0 bridgehead atoms. The van der Waals surface area contributed by atoms with Gasteiger partial charge in [-0.1, -0.05) is 18.2 Å². The highest BCUT2D eigenvalue weighted by molar-refractivity contribution is 7.91. The van der Waals surface area contributed by atoms with Crippen LogP contribution >= 0.6 is 0 Å². The highest BCUT2D eigenvalue weighted by atomic mass is 32.2. The van der Waals surface area contributed by atoms with Crippen LogP contribution in [-0.4, -0.2) is 66.2 Å². The summed E-state index contributed by atoms with van der Waals surface area (Å²) in [6.07, 6.45) is 2.47. The number of ether oxygens (including phenoxy) is 2. The summed E-state index contributed by atoms with van der Waals surface area (Å²) in [4.78, 5) is 4.83.